The highest BCUT2D eigenvalue weighted by Crippen LogP contribution is 2.36. The van der Waals surface area contributed by atoms with Crippen molar-refractivity contribution in [1.29, 1.82) is 0 Å². The van der Waals surface area contributed by atoms with Gasteiger partial charge >= 0.3 is 0 Å². The Morgan fingerprint density at radius 2 is 1.68 bits per heavy atom. The number of halogens is 1. The summed E-state index contributed by atoms with van der Waals surface area (Å²) in [6.07, 6.45) is 1.48. The molecule has 0 fully saturated rings. The smallest absolute Gasteiger partial charge is 0.271 e. The molecule has 0 bridgehead atoms. The minimum absolute atomic E-state index is 0.217. The minimum atomic E-state index is -0.419. The Hall–Kier alpha value is -4.83. The number of ether oxygens (including phenoxy) is 4. The lowest BCUT2D eigenvalue weighted by molar-refractivity contribution is -0.118. The summed E-state index contributed by atoms with van der Waals surface area (Å²) in [6.45, 7) is 6.37. The molecule has 0 unspecified atom stereocenters. The molecule has 0 atom stereocenters. The van der Waals surface area contributed by atoms with E-state index in [-0.39, 0.29) is 12.5 Å². The molecule has 0 aliphatic heterocycles. The fourth-order valence-corrected chi connectivity index (χ4v) is 4.74. The molecule has 2 N–H and O–H groups in total. The molecule has 4 aromatic carbocycles. The van der Waals surface area contributed by atoms with Gasteiger partial charge in [-0.15, -0.1) is 0 Å². The van der Waals surface area contributed by atoms with Gasteiger partial charge in [-0.05, 0) is 95.4 Å². The average Bonchev–Trinajstić information content (AvgIpc) is 3.02. The molecule has 0 aliphatic rings. The lowest BCUT2D eigenvalue weighted by Crippen LogP contribution is -2.21. The molecule has 0 aliphatic carbocycles. The first-order chi connectivity index (χ1) is 21.3. The summed E-state index contributed by atoms with van der Waals surface area (Å²) in [5.74, 6) is 1.04. The molecule has 0 saturated heterocycles. The number of hydrogen-bond acceptors (Lipinski definition) is 7. The Kier molecular flexibility index (Phi) is 11.4. The van der Waals surface area contributed by atoms with Crippen LogP contribution in [0.4, 0.5) is 5.69 Å². The van der Waals surface area contributed by atoms with Crippen molar-refractivity contribution in [1.82, 2.24) is 5.43 Å². The summed E-state index contributed by atoms with van der Waals surface area (Å²) in [4.78, 5) is 25.4. The van der Waals surface area contributed by atoms with Gasteiger partial charge in [0.05, 0.1) is 24.4 Å². The summed E-state index contributed by atoms with van der Waals surface area (Å²) in [5, 5.41) is 6.97. The second kappa shape index (κ2) is 15.6. The van der Waals surface area contributed by atoms with Crippen LogP contribution < -0.4 is 29.7 Å². The number of hydrazone groups is 1. The van der Waals surface area contributed by atoms with Crippen molar-refractivity contribution in [2.45, 2.75) is 27.4 Å². The topological polar surface area (TPSA) is 107 Å². The molecular formula is C34H34BrN3O6. The zero-order valence-electron chi connectivity index (χ0n) is 25.0. The monoisotopic (exact) mass is 659 g/mol. The lowest BCUT2D eigenvalue weighted by atomic mass is 10.1. The third-order valence-corrected chi connectivity index (χ3v) is 7.19. The van der Waals surface area contributed by atoms with Gasteiger partial charge in [0.1, 0.15) is 6.61 Å². The van der Waals surface area contributed by atoms with E-state index in [9.17, 15) is 9.59 Å². The number of methoxy groups -OCH3 is 1. The third kappa shape index (κ3) is 8.61. The fraction of sp³-hybridized carbons (Fsp3) is 0.206. The van der Waals surface area contributed by atoms with E-state index in [1.54, 1.807) is 30.3 Å². The highest BCUT2D eigenvalue weighted by molar-refractivity contribution is 9.10. The van der Waals surface area contributed by atoms with E-state index in [0.29, 0.717) is 51.8 Å². The van der Waals surface area contributed by atoms with Crippen molar-refractivity contribution in [3.63, 3.8) is 0 Å². The second-order valence-corrected chi connectivity index (χ2v) is 10.5. The van der Waals surface area contributed by atoms with E-state index < -0.39 is 5.91 Å². The van der Waals surface area contributed by atoms with Crippen LogP contribution in [-0.2, 0) is 11.4 Å². The number of nitrogens with one attached hydrogen (secondary N) is 2. The molecule has 228 valence electrons. The van der Waals surface area contributed by atoms with Crippen molar-refractivity contribution in [2.75, 3.05) is 25.6 Å². The van der Waals surface area contributed by atoms with Gasteiger partial charge in [-0.1, -0.05) is 42.5 Å². The van der Waals surface area contributed by atoms with Gasteiger partial charge < -0.3 is 24.3 Å². The maximum atomic E-state index is 12.8. The molecule has 0 heterocycles. The van der Waals surface area contributed by atoms with Crippen LogP contribution in [0.2, 0.25) is 0 Å². The van der Waals surface area contributed by atoms with Crippen LogP contribution in [0.1, 0.15) is 39.5 Å². The number of benzene rings is 4. The number of carbonyl (C=O) groups is 2. The summed E-state index contributed by atoms with van der Waals surface area (Å²) in [7, 11) is 1.50. The van der Waals surface area contributed by atoms with Crippen LogP contribution in [0.5, 0.6) is 23.0 Å². The zero-order valence-corrected chi connectivity index (χ0v) is 26.6. The standard InChI is InChI=1S/C34H34BrN3O6/c1-5-42-30-18-26(14-15-29(30)43-20-24-11-7-6-8-12-24)34(40)38-36-19-25-16-27(35)33(31(17-25)41-4)44-21-32(39)37-28-13-9-10-22(2)23(28)3/h6-19H,5,20-21H2,1-4H3,(H,37,39)(H,38,40)/b36-19+. The van der Waals surface area contributed by atoms with Gasteiger partial charge in [-0.3, -0.25) is 9.59 Å². The van der Waals surface area contributed by atoms with Gasteiger partial charge in [0, 0.05) is 11.3 Å². The molecule has 9 nitrogen and oxygen atoms in total. The number of aryl methyl sites for hydroxylation is 1. The van der Waals surface area contributed by atoms with Crippen LogP contribution in [0.15, 0.2) is 88.4 Å². The van der Waals surface area contributed by atoms with E-state index in [2.05, 4.69) is 31.8 Å². The van der Waals surface area contributed by atoms with Crippen LogP contribution in [0.25, 0.3) is 0 Å². The number of hydrogen-bond donors (Lipinski definition) is 2. The van der Waals surface area contributed by atoms with E-state index in [4.69, 9.17) is 18.9 Å². The number of amides is 2. The predicted molar refractivity (Wildman–Crippen MR) is 174 cm³/mol. The van der Waals surface area contributed by atoms with Crippen molar-refractivity contribution in [2.24, 2.45) is 5.10 Å². The molecule has 4 rings (SSSR count). The second-order valence-electron chi connectivity index (χ2n) is 9.69. The van der Waals surface area contributed by atoms with Crippen molar-refractivity contribution >= 4 is 39.6 Å². The van der Waals surface area contributed by atoms with Crippen molar-refractivity contribution in [3.05, 3.63) is 111 Å². The number of anilines is 1. The number of carbonyl (C=O) groups excluding carboxylic acids is 2. The van der Waals surface area contributed by atoms with E-state index >= 15 is 0 Å². The summed E-state index contributed by atoms with van der Waals surface area (Å²) in [5.41, 5.74) is 7.35. The van der Waals surface area contributed by atoms with Crippen LogP contribution in [0, 0.1) is 13.8 Å². The Morgan fingerprint density at radius 1 is 0.886 bits per heavy atom. The quantitative estimate of drug-likeness (QED) is 0.120. The van der Waals surface area contributed by atoms with E-state index in [1.807, 2.05) is 69.3 Å². The normalized spacial score (nSPS) is 10.8. The van der Waals surface area contributed by atoms with Gasteiger partial charge in [0.2, 0.25) is 0 Å². The Bertz CT molecular complexity index is 1640. The van der Waals surface area contributed by atoms with Crippen LogP contribution >= 0.6 is 15.9 Å². The van der Waals surface area contributed by atoms with Crippen LogP contribution in [-0.4, -0.2) is 38.4 Å². The third-order valence-electron chi connectivity index (χ3n) is 6.60. The Balaban J connectivity index is 1.37. The number of nitrogens with zero attached hydrogens (tertiary/aromatic N) is 1. The molecule has 4 aromatic rings. The first kappa shape index (κ1) is 32.1. The molecule has 0 aromatic heterocycles. The maximum absolute atomic E-state index is 12.8. The molecule has 2 amide bonds. The fourth-order valence-electron chi connectivity index (χ4n) is 4.17. The highest BCUT2D eigenvalue weighted by Gasteiger charge is 2.15. The molecule has 10 heteroatoms. The van der Waals surface area contributed by atoms with Gasteiger partial charge in [-0.25, -0.2) is 5.43 Å². The largest absolute Gasteiger partial charge is 0.493 e. The summed E-state index contributed by atoms with van der Waals surface area (Å²) in [6, 6.07) is 23.9. The van der Waals surface area contributed by atoms with Crippen molar-refractivity contribution < 1.29 is 28.5 Å². The maximum Gasteiger partial charge on any atom is 0.271 e. The molecular weight excluding hydrogens is 626 g/mol. The number of rotatable bonds is 13. The molecule has 0 radical (unpaired) electrons. The van der Waals surface area contributed by atoms with Crippen LogP contribution in [0.3, 0.4) is 0 Å². The first-order valence-electron chi connectivity index (χ1n) is 13.9. The highest BCUT2D eigenvalue weighted by atomic mass is 79.9. The van der Waals surface area contributed by atoms with E-state index in [0.717, 1.165) is 22.4 Å². The SMILES string of the molecule is CCOc1cc(C(=O)N/N=C/c2cc(Br)c(OCC(=O)Nc3cccc(C)c3C)c(OC)c2)ccc1OCc1ccccc1. The van der Waals surface area contributed by atoms with Crippen molar-refractivity contribution in [3.8, 4) is 23.0 Å². The first-order valence-corrected chi connectivity index (χ1v) is 14.7. The summed E-state index contributed by atoms with van der Waals surface area (Å²) >= 11 is 3.48. The van der Waals surface area contributed by atoms with Gasteiger partial charge in [-0.2, -0.15) is 5.10 Å². The lowest BCUT2D eigenvalue weighted by Gasteiger charge is -2.14. The Morgan fingerprint density at radius 3 is 2.43 bits per heavy atom. The summed E-state index contributed by atoms with van der Waals surface area (Å²) < 4.78 is 23.5. The van der Waals surface area contributed by atoms with Gasteiger partial charge in [0.25, 0.3) is 11.8 Å². The minimum Gasteiger partial charge on any atom is -0.493 e. The molecule has 44 heavy (non-hydrogen) atoms. The molecule has 0 saturated carbocycles. The predicted octanol–water partition coefficient (Wildman–Crippen LogP) is 6.83. The van der Waals surface area contributed by atoms with Gasteiger partial charge in [0.15, 0.2) is 29.6 Å². The Labute approximate surface area is 265 Å². The molecule has 0 spiro atoms. The average molecular weight is 661 g/mol. The zero-order chi connectivity index (χ0) is 31.5. The van der Waals surface area contributed by atoms with E-state index in [1.165, 1.54) is 13.3 Å².